The van der Waals surface area contributed by atoms with Gasteiger partial charge >= 0.3 is 0 Å². The second kappa shape index (κ2) is 7.43. The van der Waals surface area contributed by atoms with Gasteiger partial charge in [-0.1, -0.05) is 54.1 Å². The Labute approximate surface area is 189 Å². The molecule has 4 atom stereocenters. The van der Waals surface area contributed by atoms with E-state index >= 15 is 0 Å². The number of fused-ring (bicyclic) bond motifs is 4. The molecule has 8 nitrogen and oxygen atoms in total. The zero-order valence-electron chi connectivity index (χ0n) is 17.0. The van der Waals surface area contributed by atoms with Crippen LogP contribution in [0, 0.1) is 11.8 Å². The van der Waals surface area contributed by atoms with Crippen LogP contribution >= 0.6 is 11.6 Å². The zero-order valence-corrected chi connectivity index (χ0v) is 17.8. The van der Waals surface area contributed by atoms with E-state index in [0.29, 0.717) is 22.7 Å². The lowest BCUT2D eigenvalue weighted by molar-refractivity contribution is -0.142. The van der Waals surface area contributed by atoms with Gasteiger partial charge < -0.3 is 11.1 Å². The van der Waals surface area contributed by atoms with E-state index < -0.39 is 47.0 Å². The summed E-state index contributed by atoms with van der Waals surface area (Å²) < 4.78 is 0. The van der Waals surface area contributed by atoms with Crippen molar-refractivity contribution in [1.29, 1.82) is 0 Å². The summed E-state index contributed by atoms with van der Waals surface area (Å²) >= 11 is 6.29. The van der Waals surface area contributed by atoms with Gasteiger partial charge in [0.25, 0.3) is 0 Å². The predicted octanol–water partition coefficient (Wildman–Crippen LogP) is 1.18. The number of nitrogens with zero attached hydrogens (tertiary/aromatic N) is 1. The summed E-state index contributed by atoms with van der Waals surface area (Å²) in [4.78, 5) is 53.2. The number of benzene rings is 2. The summed E-state index contributed by atoms with van der Waals surface area (Å²) in [6.07, 6.45) is 0.324. The third-order valence-electron chi connectivity index (χ3n) is 6.68. The molecule has 0 bridgehead atoms. The molecule has 32 heavy (non-hydrogen) atoms. The van der Waals surface area contributed by atoms with Gasteiger partial charge in [-0.2, -0.15) is 0 Å². The molecular weight excluding hydrogens is 432 g/mol. The second-order valence-corrected chi connectivity index (χ2v) is 8.82. The number of carbonyl (C=O) groups excluding carboxylic acids is 4. The highest BCUT2D eigenvalue weighted by Gasteiger charge is 2.70. The Bertz CT molecular complexity index is 1150. The minimum absolute atomic E-state index is 0.169. The first-order valence-electron chi connectivity index (χ1n) is 10.4. The van der Waals surface area contributed by atoms with Crippen molar-refractivity contribution in [2.75, 3.05) is 11.9 Å². The van der Waals surface area contributed by atoms with E-state index in [4.69, 9.17) is 17.3 Å². The summed E-state index contributed by atoms with van der Waals surface area (Å²) in [6.45, 7) is 0.193. The fraction of sp³-hybridized carbons (Fsp3) is 0.304. The van der Waals surface area contributed by atoms with Crippen molar-refractivity contribution in [2.24, 2.45) is 17.6 Å². The number of nitrogens with one attached hydrogen (secondary N) is 2. The van der Waals surface area contributed by atoms with Gasteiger partial charge in [0.05, 0.1) is 22.5 Å². The first-order valence-corrected chi connectivity index (χ1v) is 10.8. The van der Waals surface area contributed by atoms with Crippen LogP contribution in [-0.4, -0.2) is 41.1 Å². The van der Waals surface area contributed by atoms with Gasteiger partial charge in [-0.05, 0) is 18.1 Å². The van der Waals surface area contributed by atoms with Crippen LogP contribution in [0.5, 0.6) is 0 Å². The number of carbonyl (C=O) groups is 4. The normalized spacial score (nSPS) is 28.2. The van der Waals surface area contributed by atoms with Gasteiger partial charge in [0, 0.05) is 24.6 Å². The number of hydrogen-bond acceptors (Lipinski definition) is 5. The molecule has 3 heterocycles. The largest absolute Gasteiger partial charge is 0.370 e. The lowest BCUT2D eigenvalue weighted by atomic mass is 9.76. The number of anilines is 1. The van der Waals surface area contributed by atoms with Crippen molar-refractivity contribution < 1.29 is 19.2 Å². The highest BCUT2D eigenvalue weighted by atomic mass is 35.5. The molecule has 2 fully saturated rings. The molecule has 4 N–H and O–H groups in total. The van der Waals surface area contributed by atoms with Crippen molar-refractivity contribution >= 4 is 40.9 Å². The van der Waals surface area contributed by atoms with Crippen molar-refractivity contribution in [3.8, 4) is 0 Å². The summed E-state index contributed by atoms with van der Waals surface area (Å²) in [5.41, 5.74) is 5.85. The monoisotopic (exact) mass is 452 g/mol. The second-order valence-electron chi connectivity index (χ2n) is 8.41. The van der Waals surface area contributed by atoms with E-state index in [1.165, 1.54) is 4.90 Å². The molecule has 5 rings (SSSR count). The van der Waals surface area contributed by atoms with E-state index in [1.807, 2.05) is 30.3 Å². The van der Waals surface area contributed by atoms with Gasteiger partial charge in [0.15, 0.2) is 0 Å². The van der Waals surface area contributed by atoms with E-state index in [0.717, 1.165) is 5.56 Å². The lowest BCUT2D eigenvalue weighted by Gasteiger charge is -2.29. The Morgan fingerprint density at radius 2 is 1.81 bits per heavy atom. The number of imide groups is 1. The molecule has 0 aromatic heterocycles. The van der Waals surface area contributed by atoms with E-state index in [2.05, 4.69) is 10.6 Å². The van der Waals surface area contributed by atoms with Gasteiger partial charge in [0.1, 0.15) is 5.54 Å². The molecule has 1 spiro atoms. The number of halogens is 1. The third kappa shape index (κ3) is 2.87. The maximum absolute atomic E-state index is 13.6. The first-order chi connectivity index (χ1) is 15.3. The van der Waals surface area contributed by atoms with Crippen LogP contribution in [0.25, 0.3) is 0 Å². The molecule has 0 radical (unpaired) electrons. The molecule has 3 aliphatic rings. The molecule has 0 saturated carbocycles. The fourth-order valence-electron chi connectivity index (χ4n) is 5.35. The minimum atomic E-state index is -1.49. The maximum atomic E-state index is 13.6. The van der Waals surface area contributed by atoms with Crippen LogP contribution in [0.4, 0.5) is 5.69 Å². The number of hydrogen-bond donors (Lipinski definition) is 3. The van der Waals surface area contributed by atoms with Crippen LogP contribution in [0.15, 0.2) is 48.5 Å². The molecule has 0 unspecified atom stereocenters. The molecule has 4 amide bonds. The number of rotatable bonds is 5. The summed E-state index contributed by atoms with van der Waals surface area (Å²) in [7, 11) is 0. The van der Waals surface area contributed by atoms with Crippen LogP contribution in [0.1, 0.15) is 17.5 Å². The van der Waals surface area contributed by atoms with Crippen LogP contribution in [0.3, 0.4) is 0 Å². The van der Waals surface area contributed by atoms with Gasteiger partial charge in [0.2, 0.25) is 23.6 Å². The van der Waals surface area contributed by atoms with Crippen LogP contribution in [-0.2, 0) is 31.1 Å². The molecule has 2 aromatic rings. The summed E-state index contributed by atoms with van der Waals surface area (Å²) in [6, 6.07) is 13.8. The SMILES string of the molecule is NC(=O)C[C@@H]1N[C@@]2(C(=O)Nc3c(Cl)cccc32)[C@@H]2C(=O)N(CCc3ccccc3)C(=O)[C@H]12. The molecule has 164 valence electrons. The highest BCUT2D eigenvalue weighted by molar-refractivity contribution is 6.35. The van der Waals surface area contributed by atoms with Crippen molar-refractivity contribution in [1.82, 2.24) is 10.2 Å². The Morgan fingerprint density at radius 3 is 2.53 bits per heavy atom. The van der Waals surface area contributed by atoms with E-state index in [9.17, 15) is 19.2 Å². The Balaban J connectivity index is 1.55. The Hall–Kier alpha value is -3.23. The fourth-order valence-corrected chi connectivity index (χ4v) is 5.57. The number of amides is 4. The van der Waals surface area contributed by atoms with Crippen LogP contribution in [0.2, 0.25) is 5.02 Å². The standard InChI is InChI=1S/C23H21ClN4O4/c24-14-8-4-7-13-19(14)26-22(32)23(13)18-17(15(27-23)11-16(25)29)20(30)28(21(18)31)10-9-12-5-2-1-3-6-12/h1-8,15,17-18,27H,9-11H2,(H2,25,29)(H,26,32)/t15-,17+,18-,23+/m0/s1. The average molecular weight is 453 g/mol. The molecule has 3 aliphatic heterocycles. The van der Waals surface area contributed by atoms with Crippen LogP contribution < -0.4 is 16.4 Å². The average Bonchev–Trinajstić information content (AvgIpc) is 3.33. The summed E-state index contributed by atoms with van der Waals surface area (Å²) in [5.74, 6) is -3.77. The number of nitrogens with two attached hydrogens (primary N) is 1. The molecular formula is C23H21ClN4O4. The topological polar surface area (TPSA) is 122 Å². The number of para-hydroxylation sites is 1. The van der Waals surface area contributed by atoms with E-state index in [1.54, 1.807) is 18.2 Å². The van der Waals surface area contributed by atoms with Crippen molar-refractivity contribution in [2.45, 2.75) is 24.4 Å². The van der Waals surface area contributed by atoms with Gasteiger partial charge in [-0.25, -0.2) is 0 Å². The Morgan fingerprint density at radius 1 is 1.06 bits per heavy atom. The molecule has 2 saturated heterocycles. The number of likely N-dealkylation sites (tertiary alicyclic amines) is 1. The lowest BCUT2D eigenvalue weighted by Crippen LogP contribution is -2.53. The number of primary amides is 1. The predicted molar refractivity (Wildman–Crippen MR) is 116 cm³/mol. The van der Waals surface area contributed by atoms with E-state index in [-0.39, 0.29) is 13.0 Å². The van der Waals surface area contributed by atoms with Crippen molar-refractivity contribution in [3.05, 3.63) is 64.7 Å². The van der Waals surface area contributed by atoms with Gasteiger partial charge in [-0.3, -0.25) is 29.4 Å². The van der Waals surface area contributed by atoms with Gasteiger partial charge in [-0.15, -0.1) is 0 Å². The Kier molecular flexibility index (Phi) is 4.79. The maximum Gasteiger partial charge on any atom is 0.250 e. The highest BCUT2D eigenvalue weighted by Crippen LogP contribution is 2.54. The smallest absolute Gasteiger partial charge is 0.250 e. The first kappa shape index (κ1) is 20.7. The van der Waals surface area contributed by atoms with Crippen molar-refractivity contribution in [3.63, 3.8) is 0 Å². The minimum Gasteiger partial charge on any atom is -0.370 e. The summed E-state index contributed by atoms with van der Waals surface area (Å²) in [5, 5.41) is 6.24. The zero-order chi connectivity index (χ0) is 22.6. The quantitative estimate of drug-likeness (QED) is 0.588. The molecule has 0 aliphatic carbocycles. The molecule has 2 aromatic carbocycles. The molecule has 9 heteroatoms. The third-order valence-corrected chi connectivity index (χ3v) is 6.99.